The molecule has 0 aliphatic rings. The third-order valence-corrected chi connectivity index (χ3v) is 1.76. The summed E-state index contributed by atoms with van der Waals surface area (Å²) in [5, 5.41) is 0. The first-order chi connectivity index (χ1) is 5.95. The highest BCUT2D eigenvalue weighted by atomic mass is 33.1. The molecule has 0 heterocycles. The van der Waals surface area contributed by atoms with Crippen LogP contribution in [-0.2, 0) is 13.7 Å². The van der Waals surface area contributed by atoms with E-state index in [1.165, 1.54) is 10.8 Å². The van der Waals surface area contributed by atoms with Crippen molar-refractivity contribution < 1.29 is 18.5 Å². The summed E-state index contributed by atoms with van der Waals surface area (Å²) in [6.45, 7) is 5.21. The predicted octanol–water partition coefficient (Wildman–Crippen LogP) is 2.84. The van der Waals surface area contributed by atoms with Crippen LogP contribution in [0.1, 0.15) is 20.8 Å². The van der Waals surface area contributed by atoms with Gasteiger partial charge in [-0.25, -0.2) is 4.79 Å². The normalized spacial score (nSPS) is 11.1. The molecule has 0 radical (unpaired) electrons. The minimum atomic E-state index is -0.714. The second-order valence-corrected chi connectivity index (χ2v) is 5.19. The molecule has 0 aromatic carbocycles. The molecule has 13 heavy (non-hydrogen) atoms. The first-order valence-corrected chi connectivity index (χ1v) is 6.12. The van der Waals surface area contributed by atoms with Gasteiger partial charge in [0.05, 0.1) is 11.1 Å². The van der Waals surface area contributed by atoms with Crippen molar-refractivity contribution in [2.75, 3.05) is 13.0 Å². The van der Waals surface area contributed by atoms with Crippen LogP contribution in [0.3, 0.4) is 0 Å². The second kappa shape index (κ2) is 6.39. The van der Waals surface area contributed by atoms with E-state index >= 15 is 0 Å². The molecule has 0 unspecified atom stereocenters. The monoisotopic (exact) mass is 226 g/mol. The van der Waals surface area contributed by atoms with E-state index in [4.69, 9.17) is 8.92 Å². The molecule has 0 amide bonds. The van der Waals surface area contributed by atoms with Gasteiger partial charge in [0, 0.05) is 0 Å². The maximum absolute atomic E-state index is 10.9. The third-order valence-electron chi connectivity index (χ3n) is 0.731. The zero-order chi connectivity index (χ0) is 10.3. The van der Waals surface area contributed by atoms with Gasteiger partial charge in [-0.15, -0.1) is 0 Å². The summed E-state index contributed by atoms with van der Waals surface area (Å²) >= 11 is 1.15. The number of carbonyl (C=O) groups excluding carboxylic acids is 1. The van der Waals surface area contributed by atoms with Crippen LogP contribution in [0, 0.1) is 0 Å². The van der Waals surface area contributed by atoms with E-state index < -0.39 is 11.8 Å². The number of hydrogen-bond donors (Lipinski definition) is 0. The van der Waals surface area contributed by atoms with Crippen LogP contribution < -0.4 is 0 Å². The molecule has 78 valence electrons. The highest BCUT2D eigenvalue weighted by molar-refractivity contribution is 8.74. The molecular weight excluding hydrogens is 212 g/mol. The van der Waals surface area contributed by atoms with Gasteiger partial charge in [0.2, 0.25) is 6.79 Å². The summed E-state index contributed by atoms with van der Waals surface area (Å²) in [5.74, 6) is 0. The summed E-state index contributed by atoms with van der Waals surface area (Å²) in [6.07, 6.45) is 1.15. The van der Waals surface area contributed by atoms with Crippen LogP contribution in [-0.4, -0.2) is 24.8 Å². The minimum Gasteiger partial charge on any atom is -0.429 e. The van der Waals surface area contributed by atoms with Gasteiger partial charge in [-0.05, 0) is 27.0 Å². The molecule has 0 saturated heterocycles. The highest BCUT2D eigenvalue weighted by Crippen LogP contribution is 2.17. The van der Waals surface area contributed by atoms with Crippen molar-refractivity contribution in [3.63, 3.8) is 0 Å². The van der Waals surface area contributed by atoms with Crippen LogP contribution in [0.15, 0.2) is 0 Å². The standard InChI is InChI=1S/C7H14O4S2/c1-7(2,3)11-6(8)9-5-10-13-12-4/h5H2,1-4H3. The summed E-state index contributed by atoms with van der Waals surface area (Å²) in [5.41, 5.74) is -0.524. The molecular formula is C7H14O4S2. The Balaban J connectivity index is 3.41. The van der Waals surface area contributed by atoms with Crippen molar-refractivity contribution in [3.05, 3.63) is 0 Å². The lowest BCUT2D eigenvalue weighted by molar-refractivity contribution is -0.0318. The Kier molecular flexibility index (Phi) is 6.36. The Hall–Kier alpha value is -0.0700. The Morgan fingerprint density at radius 3 is 2.46 bits per heavy atom. The SMILES string of the molecule is CSSOCOC(=O)OC(C)(C)C. The maximum atomic E-state index is 10.9. The van der Waals surface area contributed by atoms with Crippen molar-refractivity contribution in [3.8, 4) is 0 Å². The fourth-order valence-corrected chi connectivity index (χ4v) is 1.01. The molecule has 0 fully saturated rings. The summed E-state index contributed by atoms with van der Waals surface area (Å²) in [4.78, 5) is 10.9. The van der Waals surface area contributed by atoms with Crippen molar-refractivity contribution in [2.45, 2.75) is 26.4 Å². The fraction of sp³-hybridized carbons (Fsp3) is 0.857. The van der Waals surface area contributed by atoms with Crippen LogP contribution in [0.2, 0.25) is 0 Å². The average molecular weight is 226 g/mol. The van der Waals surface area contributed by atoms with Gasteiger partial charge in [0.15, 0.2) is 0 Å². The van der Waals surface area contributed by atoms with Crippen molar-refractivity contribution >= 4 is 28.0 Å². The minimum absolute atomic E-state index is 0.0968. The number of carbonyl (C=O) groups is 1. The zero-order valence-corrected chi connectivity index (χ0v) is 9.79. The van der Waals surface area contributed by atoms with Crippen LogP contribution in [0.4, 0.5) is 4.79 Å². The van der Waals surface area contributed by atoms with Crippen molar-refractivity contribution in [1.82, 2.24) is 0 Å². The smallest absolute Gasteiger partial charge is 0.429 e. The van der Waals surface area contributed by atoms with E-state index in [0.29, 0.717) is 0 Å². The molecule has 0 aromatic rings. The molecule has 0 saturated carbocycles. The van der Waals surface area contributed by atoms with Crippen molar-refractivity contribution in [2.24, 2.45) is 0 Å². The van der Waals surface area contributed by atoms with E-state index in [2.05, 4.69) is 4.74 Å². The molecule has 0 aliphatic carbocycles. The van der Waals surface area contributed by atoms with Crippen molar-refractivity contribution in [1.29, 1.82) is 0 Å². The molecule has 0 N–H and O–H groups in total. The summed E-state index contributed by atoms with van der Waals surface area (Å²) in [6, 6.07) is 0. The van der Waals surface area contributed by atoms with E-state index in [0.717, 1.165) is 11.1 Å². The lowest BCUT2D eigenvalue weighted by Gasteiger charge is -2.18. The molecule has 4 nitrogen and oxygen atoms in total. The average Bonchev–Trinajstić information content (AvgIpc) is 1.94. The summed E-state index contributed by atoms with van der Waals surface area (Å²) < 4.78 is 14.3. The molecule has 6 heteroatoms. The lowest BCUT2D eigenvalue weighted by atomic mass is 10.2. The van der Waals surface area contributed by atoms with E-state index in [9.17, 15) is 4.79 Å². The largest absolute Gasteiger partial charge is 0.510 e. The van der Waals surface area contributed by atoms with E-state index in [-0.39, 0.29) is 6.79 Å². The van der Waals surface area contributed by atoms with Gasteiger partial charge in [0.25, 0.3) is 0 Å². The highest BCUT2D eigenvalue weighted by Gasteiger charge is 2.17. The topological polar surface area (TPSA) is 44.8 Å². The molecule has 0 atom stereocenters. The number of hydrogen-bond acceptors (Lipinski definition) is 6. The van der Waals surface area contributed by atoms with Crippen LogP contribution >= 0.6 is 21.9 Å². The Morgan fingerprint density at radius 1 is 1.38 bits per heavy atom. The van der Waals surface area contributed by atoms with E-state index in [1.807, 2.05) is 6.26 Å². The van der Waals surface area contributed by atoms with Gasteiger partial charge in [-0.2, -0.15) is 0 Å². The summed E-state index contributed by atoms with van der Waals surface area (Å²) in [7, 11) is 1.43. The Bertz CT molecular complexity index is 155. The number of rotatable bonds is 4. The molecule has 0 rings (SSSR count). The Labute approximate surface area is 86.3 Å². The third kappa shape index (κ3) is 9.85. The van der Waals surface area contributed by atoms with Gasteiger partial charge in [-0.1, -0.05) is 10.8 Å². The van der Waals surface area contributed by atoms with Crippen LogP contribution in [0.5, 0.6) is 0 Å². The van der Waals surface area contributed by atoms with Gasteiger partial charge < -0.3 is 9.47 Å². The van der Waals surface area contributed by atoms with E-state index in [1.54, 1.807) is 20.8 Å². The molecule has 0 aliphatic heterocycles. The first-order valence-electron chi connectivity index (χ1n) is 3.64. The lowest BCUT2D eigenvalue weighted by Crippen LogP contribution is -2.24. The molecule has 0 bridgehead atoms. The Morgan fingerprint density at radius 2 is 2.00 bits per heavy atom. The zero-order valence-electron chi connectivity index (χ0n) is 8.16. The maximum Gasteiger partial charge on any atom is 0.510 e. The van der Waals surface area contributed by atoms with Crippen LogP contribution in [0.25, 0.3) is 0 Å². The van der Waals surface area contributed by atoms with Gasteiger partial charge in [-0.3, -0.25) is 4.18 Å². The fourth-order valence-electron chi connectivity index (χ4n) is 0.419. The predicted molar refractivity (Wildman–Crippen MR) is 54.4 cm³/mol. The first kappa shape index (κ1) is 12.9. The molecule has 0 aromatic heterocycles. The quantitative estimate of drug-likeness (QED) is 0.241. The number of ether oxygens (including phenoxy) is 2. The van der Waals surface area contributed by atoms with Gasteiger partial charge >= 0.3 is 6.16 Å². The second-order valence-electron chi connectivity index (χ2n) is 3.08. The molecule has 0 spiro atoms. The van der Waals surface area contributed by atoms with Gasteiger partial charge in [0.1, 0.15) is 5.60 Å².